The second kappa shape index (κ2) is 5.05. The lowest BCUT2D eigenvalue weighted by Crippen LogP contribution is -2.35. The standard InChI is InChI=1S/C10H11FIN3O/c11-6-3-8(13-4-6)10(16)15-7-1-2-9(12)14-5-7/h1-2,5-6,8,13H,3-4H2,(H,15,16)/t6-,8+/m1/s1. The number of hydrogen-bond donors (Lipinski definition) is 2. The largest absolute Gasteiger partial charge is 0.323 e. The number of amides is 1. The maximum Gasteiger partial charge on any atom is 0.241 e. The van der Waals surface area contributed by atoms with E-state index < -0.39 is 12.2 Å². The third kappa shape index (κ3) is 2.88. The van der Waals surface area contributed by atoms with Crippen molar-refractivity contribution in [2.24, 2.45) is 0 Å². The summed E-state index contributed by atoms with van der Waals surface area (Å²) in [5.41, 5.74) is 0.634. The van der Waals surface area contributed by atoms with Gasteiger partial charge in [-0.25, -0.2) is 9.37 Å². The number of alkyl halides is 1. The van der Waals surface area contributed by atoms with Gasteiger partial charge in [-0.15, -0.1) is 0 Å². The highest BCUT2D eigenvalue weighted by molar-refractivity contribution is 14.1. The van der Waals surface area contributed by atoms with Crippen molar-refractivity contribution < 1.29 is 9.18 Å². The fraction of sp³-hybridized carbons (Fsp3) is 0.400. The van der Waals surface area contributed by atoms with E-state index in [-0.39, 0.29) is 18.9 Å². The number of nitrogens with one attached hydrogen (secondary N) is 2. The summed E-state index contributed by atoms with van der Waals surface area (Å²) in [7, 11) is 0. The van der Waals surface area contributed by atoms with E-state index in [1.54, 1.807) is 18.3 Å². The molecular formula is C10H11FIN3O. The molecule has 16 heavy (non-hydrogen) atoms. The second-order valence-corrected chi connectivity index (χ2v) is 4.76. The lowest BCUT2D eigenvalue weighted by molar-refractivity contribution is -0.117. The van der Waals surface area contributed by atoms with Gasteiger partial charge in [-0.05, 0) is 34.7 Å². The third-order valence-corrected chi connectivity index (χ3v) is 3.03. The molecule has 4 nitrogen and oxygen atoms in total. The fourth-order valence-corrected chi connectivity index (χ4v) is 1.89. The summed E-state index contributed by atoms with van der Waals surface area (Å²) in [6.07, 6.45) is 0.899. The number of carbonyl (C=O) groups excluding carboxylic acids is 1. The summed E-state index contributed by atoms with van der Waals surface area (Å²) in [5.74, 6) is -0.205. The quantitative estimate of drug-likeness (QED) is 0.633. The van der Waals surface area contributed by atoms with Crippen LogP contribution >= 0.6 is 22.6 Å². The number of rotatable bonds is 2. The van der Waals surface area contributed by atoms with Crippen LogP contribution in [0.15, 0.2) is 18.3 Å². The Morgan fingerprint density at radius 1 is 1.62 bits per heavy atom. The van der Waals surface area contributed by atoms with Crippen molar-refractivity contribution in [3.63, 3.8) is 0 Å². The minimum Gasteiger partial charge on any atom is -0.323 e. The van der Waals surface area contributed by atoms with E-state index in [9.17, 15) is 9.18 Å². The van der Waals surface area contributed by atoms with Crippen molar-refractivity contribution in [2.75, 3.05) is 11.9 Å². The molecule has 1 amide bonds. The van der Waals surface area contributed by atoms with Gasteiger partial charge in [-0.3, -0.25) is 4.79 Å². The molecule has 2 heterocycles. The van der Waals surface area contributed by atoms with E-state index in [0.29, 0.717) is 5.69 Å². The average molecular weight is 335 g/mol. The highest BCUT2D eigenvalue weighted by atomic mass is 127. The van der Waals surface area contributed by atoms with Crippen molar-refractivity contribution in [1.82, 2.24) is 10.3 Å². The maximum atomic E-state index is 12.9. The Balaban J connectivity index is 1.94. The molecule has 2 atom stereocenters. The van der Waals surface area contributed by atoms with Gasteiger partial charge >= 0.3 is 0 Å². The molecule has 1 aliphatic rings. The smallest absolute Gasteiger partial charge is 0.241 e. The Hall–Kier alpha value is -0.760. The first-order chi connectivity index (χ1) is 7.65. The number of pyridine rings is 1. The van der Waals surface area contributed by atoms with Crippen LogP contribution in [0.1, 0.15) is 6.42 Å². The predicted molar refractivity (Wildman–Crippen MR) is 66.9 cm³/mol. The van der Waals surface area contributed by atoms with Gasteiger partial charge in [0.15, 0.2) is 0 Å². The molecule has 86 valence electrons. The minimum absolute atomic E-state index is 0.205. The number of anilines is 1. The van der Waals surface area contributed by atoms with Crippen molar-refractivity contribution in [2.45, 2.75) is 18.6 Å². The SMILES string of the molecule is O=C(Nc1ccc(I)nc1)[C@@H]1C[C@@H](F)CN1. The first-order valence-electron chi connectivity index (χ1n) is 4.95. The second-order valence-electron chi connectivity index (χ2n) is 3.65. The molecule has 1 aliphatic heterocycles. The highest BCUT2D eigenvalue weighted by Gasteiger charge is 2.29. The fourth-order valence-electron chi connectivity index (χ4n) is 1.57. The number of halogens is 2. The van der Waals surface area contributed by atoms with Crippen LogP contribution in [0.5, 0.6) is 0 Å². The zero-order valence-corrected chi connectivity index (χ0v) is 10.6. The zero-order valence-electron chi connectivity index (χ0n) is 8.41. The molecule has 6 heteroatoms. The molecule has 1 aromatic heterocycles. The molecule has 2 rings (SSSR count). The first kappa shape index (κ1) is 11.7. The number of nitrogens with zero attached hydrogens (tertiary/aromatic N) is 1. The van der Waals surface area contributed by atoms with E-state index in [4.69, 9.17) is 0 Å². The molecule has 1 saturated heterocycles. The average Bonchev–Trinajstić information content (AvgIpc) is 2.68. The summed E-state index contributed by atoms with van der Waals surface area (Å²) in [5, 5.41) is 5.53. The van der Waals surface area contributed by atoms with Crippen LogP contribution in [-0.2, 0) is 4.79 Å². The van der Waals surface area contributed by atoms with Gasteiger partial charge in [0.2, 0.25) is 5.91 Å². The van der Waals surface area contributed by atoms with Gasteiger partial charge < -0.3 is 10.6 Å². The van der Waals surface area contributed by atoms with Crippen molar-refractivity contribution >= 4 is 34.2 Å². The van der Waals surface area contributed by atoms with Crippen molar-refractivity contribution in [1.29, 1.82) is 0 Å². The molecule has 0 aromatic carbocycles. The summed E-state index contributed by atoms with van der Waals surface area (Å²) in [4.78, 5) is 15.7. The van der Waals surface area contributed by atoms with Crippen LogP contribution in [0.2, 0.25) is 0 Å². The number of carbonyl (C=O) groups is 1. The predicted octanol–water partition coefficient (Wildman–Crippen LogP) is 1.32. The van der Waals surface area contributed by atoms with E-state index in [0.717, 1.165) is 3.70 Å². The molecule has 0 unspecified atom stereocenters. The van der Waals surface area contributed by atoms with E-state index >= 15 is 0 Å². The Morgan fingerprint density at radius 3 is 3.00 bits per heavy atom. The van der Waals surface area contributed by atoms with Gasteiger partial charge in [0.05, 0.1) is 17.9 Å². The summed E-state index contributed by atoms with van der Waals surface area (Å²) in [6.45, 7) is 0.253. The van der Waals surface area contributed by atoms with Gasteiger partial charge in [0.1, 0.15) is 9.87 Å². The molecule has 1 aromatic rings. The normalized spacial score (nSPS) is 24.4. The molecular weight excluding hydrogens is 324 g/mol. The lowest BCUT2D eigenvalue weighted by Gasteiger charge is -2.10. The number of aromatic nitrogens is 1. The topological polar surface area (TPSA) is 54.0 Å². The number of hydrogen-bond acceptors (Lipinski definition) is 3. The lowest BCUT2D eigenvalue weighted by atomic mass is 10.2. The van der Waals surface area contributed by atoms with Crippen LogP contribution < -0.4 is 10.6 Å². The molecule has 0 aliphatic carbocycles. The molecule has 0 spiro atoms. The van der Waals surface area contributed by atoms with Gasteiger partial charge in [-0.2, -0.15) is 0 Å². The van der Waals surface area contributed by atoms with Crippen LogP contribution in [0, 0.1) is 3.70 Å². The van der Waals surface area contributed by atoms with Gasteiger partial charge in [0, 0.05) is 13.0 Å². The van der Waals surface area contributed by atoms with Crippen molar-refractivity contribution in [3.05, 3.63) is 22.0 Å². The Bertz CT molecular complexity index is 384. The van der Waals surface area contributed by atoms with Crippen LogP contribution in [0.4, 0.5) is 10.1 Å². The Morgan fingerprint density at radius 2 is 2.44 bits per heavy atom. The zero-order chi connectivity index (χ0) is 11.5. The molecule has 0 radical (unpaired) electrons. The first-order valence-corrected chi connectivity index (χ1v) is 6.03. The van der Waals surface area contributed by atoms with Gasteiger partial charge in [0.25, 0.3) is 0 Å². The van der Waals surface area contributed by atoms with E-state index in [1.807, 2.05) is 0 Å². The summed E-state index contributed by atoms with van der Waals surface area (Å²) >= 11 is 2.09. The van der Waals surface area contributed by atoms with Crippen LogP contribution in [0.3, 0.4) is 0 Å². The van der Waals surface area contributed by atoms with Crippen LogP contribution in [-0.4, -0.2) is 29.6 Å². The minimum atomic E-state index is -0.925. The third-order valence-electron chi connectivity index (χ3n) is 2.39. The van der Waals surface area contributed by atoms with Crippen LogP contribution in [0.25, 0.3) is 0 Å². The molecule has 0 bridgehead atoms. The highest BCUT2D eigenvalue weighted by Crippen LogP contribution is 2.13. The molecule has 2 N–H and O–H groups in total. The van der Waals surface area contributed by atoms with Crippen molar-refractivity contribution in [3.8, 4) is 0 Å². The Kier molecular flexibility index (Phi) is 3.70. The molecule has 1 fully saturated rings. The maximum absolute atomic E-state index is 12.9. The van der Waals surface area contributed by atoms with Gasteiger partial charge in [-0.1, -0.05) is 0 Å². The Labute approximate surface area is 106 Å². The monoisotopic (exact) mass is 335 g/mol. The summed E-state index contributed by atoms with van der Waals surface area (Å²) < 4.78 is 13.7. The summed E-state index contributed by atoms with van der Waals surface area (Å²) in [6, 6.07) is 3.14. The van der Waals surface area contributed by atoms with E-state index in [2.05, 4.69) is 38.2 Å². The molecule has 0 saturated carbocycles. The van der Waals surface area contributed by atoms with E-state index in [1.165, 1.54) is 0 Å².